The Labute approximate surface area is 116 Å². The van der Waals surface area contributed by atoms with Gasteiger partial charge in [0.2, 0.25) is 0 Å². The lowest BCUT2D eigenvalue weighted by Crippen LogP contribution is -2.31. The third kappa shape index (κ3) is 3.14. The van der Waals surface area contributed by atoms with Crippen molar-refractivity contribution in [3.05, 3.63) is 60.2 Å². The maximum Gasteiger partial charge on any atom is 0.335 e. The van der Waals surface area contributed by atoms with Gasteiger partial charge in [0.25, 0.3) is 0 Å². The van der Waals surface area contributed by atoms with Crippen molar-refractivity contribution in [2.24, 2.45) is 0 Å². The molecule has 0 saturated heterocycles. The van der Waals surface area contributed by atoms with Crippen molar-refractivity contribution in [3.63, 3.8) is 0 Å². The highest BCUT2D eigenvalue weighted by Gasteiger charge is 2.11. The number of hydrogen-bond donors (Lipinski definition) is 2. The van der Waals surface area contributed by atoms with Gasteiger partial charge in [0, 0.05) is 18.4 Å². The highest BCUT2D eigenvalue weighted by Crippen LogP contribution is 2.15. The summed E-state index contributed by atoms with van der Waals surface area (Å²) in [4.78, 5) is 24.4. The van der Waals surface area contributed by atoms with Gasteiger partial charge in [-0.2, -0.15) is 0 Å². The standard InChI is InChI=1S/C15H14N2O3/c1-17(13-8-3-2-4-9-13)15(20)16-12-7-5-6-11(10-12)14(18)19/h2-10H,1H3,(H,16,20)(H,18,19). The van der Waals surface area contributed by atoms with Gasteiger partial charge in [0.1, 0.15) is 0 Å². The summed E-state index contributed by atoms with van der Waals surface area (Å²) in [6.45, 7) is 0. The fraction of sp³-hybridized carbons (Fsp3) is 0.0667. The summed E-state index contributed by atoms with van der Waals surface area (Å²) in [6, 6.07) is 14.9. The van der Waals surface area contributed by atoms with Crippen LogP contribution in [0.15, 0.2) is 54.6 Å². The number of hydrogen-bond acceptors (Lipinski definition) is 2. The van der Waals surface area contributed by atoms with Gasteiger partial charge in [-0.3, -0.25) is 4.90 Å². The second-order valence-electron chi connectivity index (χ2n) is 4.21. The van der Waals surface area contributed by atoms with E-state index in [-0.39, 0.29) is 11.6 Å². The smallest absolute Gasteiger partial charge is 0.335 e. The Bertz CT molecular complexity index is 626. The largest absolute Gasteiger partial charge is 0.478 e. The molecule has 2 N–H and O–H groups in total. The van der Waals surface area contributed by atoms with Crippen molar-refractivity contribution in [2.75, 3.05) is 17.3 Å². The topological polar surface area (TPSA) is 69.6 Å². The number of carboxylic acid groups (broad SMARTS) is 1. The Hall–Kier alpha value is -2.82. The van der Waals surface area contributed by atoms with E-state index in [1.54, 1.807) is 19.2 Å². The molecule has 0 unspecified atom stereocenters. The number of aromatic carboxylic acids is 1. The predicted octanol–water partition coefficient (Wildman–Crippen LogP) is 3.05. The summed E-state index contributed by atoms with van der Waals surface area (Å²) >= 11 is 0. The van der Waals surface area contributed by atoms with Gasteiger partial charge >= 0.3 is 12.0 Å². The van der Waals surface area contributed by atoms with E-state index in [4.69, 9.17) is 5.11 Å². The molecular formula is C15H14N2O3. The number of carboxylic acids is 1. The molecule has 0 radical (unpaired) electrons. The molecule has 0 aliphatic rings. The Morgan fingerprint density at radius 3 is 2.40 bits per heavy atom. The number of nitrogens with zero attached hydrogens (tertiary/aromatic N) is 1. The van der Waals surface area contributed by atoms with Crippen molar-refractivity contribution >= 4 is 23.4 Å². The van der Waals surface area contributed by atoms with E-state index in [1.807, 2.05) is 30.3 Å². The van der Waals surface area contributed by atoms with Gasteiger partial charge in [-0.15, -0.1) is 0 Å². The molecule has 0 heterocycles. The Morgan fingerprint density at radius 2 is 1.75 bits per heavy atom. The molecule has 2 rings (SSSR count). The van der Waals surface area contributed by atoms with E-state index >= 15 is 0 Å². The van der Waals surface area contributed by atoms with Crippen LogP contribution in [0, 0.1) is 0 Å². The van der Waals surface area contributed by atoms with E-state index in [0.29, 0.717) is 5.69 Å². The molecule has 2 amide bonds. The highest BCUT2D eigenvalue weighted by molar-refractivity contribution is 6.02. The zero-order valence-corrected chi connectivity index (χ0v) is 10.9. The fourth-order valence-electron chi connectivity index (χ4n) is 1.71. The van der Waals surface area contributed by atoms with Gasteiger partial charge in [-0.1, -0.05) is 24.3 Å². The molecule has 0 fully saturated rings. The van der Waals surface area contributed by atoms with Crippen LogP contribution in [-0.4, -0.2) is 24.2 Å². The van der Waals surface area contributed by atoms with Crippen LogP contribution in [-0.2, 0) is 0 Å². The second-order valence-corrected chi connectivity index (χ2v) is 4.21. The summed E-state index contributed by atoms with van der Waals surface area (Å²) in [7, 11) is 1.64. The highest BCUT2D eigenvalue weighted by atomic mass is 16.4. The molecule has 0 bridgehead atoms. The van der Waals surface area contributed by atoms with Gasteiger partial charge in [0.05, 0.1) is 5.56 Å². The third-order valence-corrected chi connectivity index (χ3v) is 2.81. The maximum absolute atomic E-state index is 12.1. The molecule has 2 aromatic carbocycles. The van der Waals surface area contributed by atoms with E-state index in [1.165, 1.54) is 17.0 Å². The quantitative estimate of drug-likeness (QED) is 0.900. The number of para-hydroxylation sites is 1. The van der Waals surface area contributed by atoms with Crippen molar-refractivity contribution in [1.29, 1.82) is 0 Å². The van der Waals surface area contributed by atoms with E-state index in [9.17, 15) is 9.59 Å². The molecule has 0 saturated carbocycles. The van der Waals surface area contributed by atoms with Crippen LogP contribution in [0.2, 0.25) is 0 Å². The van der Waals surface area contributed by atoms with Crippen molar-refractivity contribution in [3.8, 4) is 0 Å². The molecule has 102 valence electrons. The summed E-state index contributed by atoms with van der Waals surface area (Å²) in [5, 5.41) is 11.6. The minimum Gasteiger partial charge on any atom is -0.478 e. The van der Waals surface area contributed by atoms with E-state index in [2.05, 4.69) is 5.32 Å². The molecule has 2 aromatic rings. The van der Waals surface area contributed by atoms with Crippen LogP contribution in [0.1, 0.15) is 10.4 Å². The average molecular weight is 270 g/mol. The summed E-state index contributed by atoms with van der Waals surface area (Å²) in [6.07, 6.45) is 0. The van der Waals surface area contributed by atoms with Gasteiger partial charge in [-0.05, 0) is 30.3 Å². The molecule has 0 aliphatic heterocycles. The van der Waals surface area contributed by atoms with Crippen molar-refractivity contribution < 1.29 is 14.7 Å². The first kappa shape index (κ1) is 13.6. The van der Waals surface area contributed by atoms with Crippen LogP contribution < -0.4 is 10.2 Å². The molecule has 0 aliphatic carbocycles. The van der Waals surface area contributed by atoms with Gasteiger partial charge in [0.15, 0.2) is 0 Å². The number of nitrogens with one attached hydrogen (secondary N) is 1. The lowest BCUT2D eigenvalue weighted by Gasteiger charge is -2.18. The number of benzene rings is 2. The third-order valence-electron chi connectivity index (χ3n) is 2.81. The average Bonchev–Trinajstić information content (AvgIpc) is 2.47. The Kier molecular flexibility index (Phi) is 4.00. The fourth-order valence-corrected chi connectivity index (χ4v) is 1.71. The van der Waals surface area contributed by atoms with Crippen LogP contribution in [0.5, 0.6) is 0 Å². The number of rotatable bonds is 3. The van der Waals surface area contributed by atoms with Gasteiger partial charge < -0.3 is 10.4 Å². The van der Waals surface area contributed by atoms with E-state index in [0.717, 1.165) is 5.69 Å². The first-order valence-electron chi connectivity index (χ1n) is 6.01. The SMILES string of the molecule is CN(C(=O)Nc1cccc(C(=O)O)c1)c1ccccc1. The first-order valence-corrected chi connectivity index (χ1v) is 6.01. The number of anilines is 2. The summed E-state index contributed by atoms with van der Waals surface area (Å²) in [5.74, 6) is -1.03. The van der Waals surface area contributed by atoms with Crippen LogP contribution in [0.4, 0.5) is 16.2 Å². The normalized spacial score (nSPS) is 9.85. The molecule has 5 nitrogen and oxygen atoms in total. The van der Waals surface area contributed by atoms with Crippen molar-refractivity contribution in [2.45, 2.75) is 0 Å². The van der Waals surface area contributed by atoms with Crippen LogP contribution in [0.25, 0.3) is 0 Å². The zero-order chi connectivity index (χ0) is 14.5. The number of carbonyl (C=O) groups is 2. The molecule has 0 atom stereocenters. The number of urea groups is 1. The molecule has 5 heteroatoms. The van der Waals surface area contributed by atoms with E-state index < -0.39 is 5.97 Å². The van der Waals surface area contributed by atoms with Gasteiger partial charge in [-0.25, -0.2) is 9.59 Å². The molecule has 0 aromatic heterocycles. The summed E-state index contributed by atoms with van der Waals surface area (Å²) < 4.78 is 0. The Balaban J connectivity index is 2.12. The van der Waals surface area contributed by atoms with Crippen LogP contribution >= 0.6 is 0 Å². The lowest BCUT2D eigenvalue weighted by molar-refractivity contribution is 0.0697. The predicted molar refractivity (Wildman–Crippen MR) is 77.3 cm³/mol. The minimum atomic E-state index is -1.03. The second kappa shape index (κ2) is 5.88. The van der Waals surface area contributed by atoms with Crippen molar-refractivity contribution in [1.82, 2.24) is 0 Å². The summed E-state index contributed by atoms with van der Waals surface area (Å²) in [5.41, 5.74) is 1.32. The number of carbonyl (C=O) groups excluding carboxylic acids is 1. The molecule has 20 heavy (non-hydrogen) atoms. The first-order chi connectivity index (χ1) is 9.58. The molecular weight excluding hydrogens is 256 g/mol. The maximum atomic E-state index is 12.1. The minimum absolute atomic E-state index is 0.130. The molecule has 0 spiro atoms. The lowest BCUT2D eigenvalue weighted by atomic mass is 10.2. The Morgan fingerprint density at radius 1 is 1.05 bits per heavy atom. The van der Waals surface area contributed by atoms with Crippen LogP contribution in [0.3, 0.4) is 0 Å². The zero-order valence-electron chi connectivity index (χ0n) is 10.9. The monoisotopic (exact) mass is 270 g/mol. The number of amides is 2.